The molecule has 0 aliphatic carbocycles. The van der Waals surface area contributed by atoms with Crippen molar-refractivity contribution >= 4 is 5.91 Å². The van der Waals surface area contributed by atoms with Gasteiger partial charge in [0.1, 0.15) is 12.2 Å². The summed E-state index contributed by atoms with van der Waals surface area (Å²) in [4.78, 5) is 12.5. The van der Waals surface area contributed by atoms with Crippen molar-refractivity contribution in [2.45, 2.75) is 276 Å². The van der Waals surface area contributed by atoms with E-state index in [0.717, 1.165) is 51.4 Å². The van der Waals surface area contributed by atoms with Crippen LogP contribution in [0.15, 0.2) is 36.5 Å². The predicted molar refractivity (Wildman–Crippen MR) is 247 cm³/mol. The third kappa shape index (κ3) is 39.7. The van der Waals surface area contributed by atoms with E-state index in [1.165, 1.54) is 167 Å². The minimum atomic E-state index is -1.29. The molecule has 6 nitrogen and oxygen atoms in total. The standard InChI is InChI=1S/C51H97NO5/c1-3-5-7-9-11-13-15-17-19-21-22-23-24-25-26-27-28-29-31-32-34-36-38-40-42-44-48(54)50(56)47(46-53)52-51(57)49(55)45-43-41-39-37-35-33-30-20-18-16-14-12-10-8-6-4-2/h25-26,29,31,36,38,47-50,53-56H,3-24,27-28,30,32-35,37,39-46H2,1-2H3,(H,52,57)/b26-25+,31-29+,38-36+. The topological polar surface area (TPSA) is 110 Å². The second-order valence-electron chi connectivity index (χ2n) is 17.1. The number of aliphatic hydroxyl groups excluding tert-OH is 4. The minimum absolute atomic E-state index is 0.361. The molecule has 1 amide bonds. The van der Waals surface area contributed by atoms with E-state index in [2.05, 4.69) is 55.6 Å². The van der Waals surface area contributed by atoms with E-state index in [4.69, 9.17) is 0 Å². The SMILES string of the molecule is CCCCCCCCCCCCCC/C=C/CC/C=C/CC/C=C/CCCC(O)C(O)C(CO)NC(=O)C(O)CCCCCCCCCCCCCCCCCC. The first kappa shape index (κ1) is 55.5. The van der Waals surface area contributed by atoms with Crippen molar-refractivity contribution in [2.75, 3.05) is 6.61 Å². The zero-order valence-corrected chi connectivity index (χ0v) is 37.8. The third-order valence-corrected chi connectivity index (χ3v) is 11.6. The molecule has 0 bridgehead atoms. The summed E-state index contributed by atoms with van der Waals surface area (Å²) < 4.78 is 0. The van der Waals surface area contributed by atoms with Gasteiger partial charge in [0.25, 0.3) is 0 Å². The van der Waals surface area contributed by atoms with Crippen LogP contribution in [0.5, 0.6) is 0 Å². The van der Waals surface area contributed by atoms with Crippen molar-refractivity contribution in [1.82, 2.24) is 5.32 Å². The Morgan fingerprint density at radius 2 is 0.737 bits per heavy atom. The fourth-order valence-corrected chi connectivity index (χ4v) is 7.61. The van der Waals surface area contributed by atoms with Crippen LogP contribution in [0.25, 0.3) is 0 Å². The van der Waals surface area contributed by atoms with Crippen LogP contribution in [0, 0.1) is 0 Å². The van der Waals surface area contributed by atoms with Crippen LogP contribution in [-0.2, 0) is 4.79 Å². The van der Waals surface area contributed by atoms with Gasteiger partial charge < -0.3 is 25.7 Å². The zero-order chi connectivity index (χ0) is 41.7. The maximum Gasteiger partial charge on any atom is 0.249 e. The molecule has 0 heterocycles. The molecule has 0 rings (SSSR count). The van der Waals surface area contributed by atoms with Crippen molar-refractivity contribution in [1.29, 1.82) is 0 Å². The monoisotopic (exact) mass is 804 g/mol. The van der Waals surface area contributed by atoms with Gasteiger partial charge in [-0.25, -0.2) is 0 Å². The van der Waals surface area contributed by atoms with E-state index in [-0.39, 0.29) is 0 Å². The van der Waals surface area contributed by atoms with Crippen LogP contribution in [0.2, 0.25) is 0 Å². The summed E-state index contributed by atoms with van der Waals surface area (Å²) >= 11 is 0. The number of carbonyl (C=O) groups excluding carboxylic acids is 1. The molecule has 0 spiro atoms. The highest BCUT2D eigenvalue weighted by molar-refractivity contribution is 5.80. The smallest absolute Gasteiger partial charge is 0.249 e. The number of hydrogen-bond donors (Lipinski definition) is 5. The van der Waals surface area contributed by atoms with Crippen molar-refractivity contribution in [3.8, 4) is 0 Å². The Labute approximate surface area is 354 Å². The summed E-state index contributed by atoms with van der Waals surface area (Å²) in [6, 6.07) is -1.01. The average Bonchev–Trinajstić information content (AvgIpc) is 3.22. The Bertz CT molecular complexity index is 904. The second-order valence-corrected chi connectivity index (χ2v) is 17.1. The number of aliphatic hydroxyl groups is 4. The van der Waals surface area contributed by atoms with Gasteiger partial charge >= 0.3 is 0 Å². The molecule has 336 valence electrons. The van der Waals surface area contributed by atoms with Crippen molar-refractivity contribution in [3.63, 3.8) is 0 Å². The van der Waals surface area contributed by atoms with Gasteiger partial charge in [-0.3, -0.25) is 4.79 Å². The molecular weight excluding hydrogens is 707 g/mol. The van der Waals surface area contributed by atoms with Crippen LogP contribution < -0.4 is 5.32 Å². The van der Waals surface area contributed by atoms with Gasteiger partial charge in [0.05, 0.1) is 18.8 Å². The van der Waals surface area contributed by atoms with E-state index in [9.17, 15) is 25.2 Å². The molecule has 0 saturated heterocycles. The van der Waals surface area contributed by atoms with Gasteiger partial charge in [0.15, 0.2) is 0 Å². The van der Waals surface area contributed by atoms with E-state index < -0.39 is 36.9 Å². The number of unbranched alkanes of at least 4 members (excludes halogenated alkanes) is 30. The molecule has 0 fully saturated rings. The maximum atomic E-state index is 12.5. The van der Waals surface area contributed by atoms with Gasteiger partial charge in [-0.2, -0.15) is 0 Å². The molecule has 4 unspecified atom stereocenters. The molecule has 0 aromatic rings. The lowest BCUT2D eigenvalue weighted by Gasteiger charge is -2.27. The Kier molecular flexibility index (Phi) is 44.4. The first-order valence-corrected chi connectivity index (χ1v) is 24.9. The number of nitrogens with one attached hydrogen (secondary N) is 1. The highest BCUT2D eigenvalue weighted by Gasteiger charge is 2.28. The normalized spacial score (nSPS) is 14.3. The summed E-state index contributed by atoms with van der Waals surface area (Å²) in [5.41, 5.74) is 0. The molecule has 0 aromatic carbocycles. The lowest BCUT2D eigenvalue weighted by molar-refractivity contribution is -0.132. The minimum Gasteiger partial charge on any atom is -0.394 e. The summed E-state index contributed by atoms with van der Waals surface area (Å²) in [5, 5.41) is 43.8. The summed E-state index contributed by atoms with van der Waals surface area (Å²) in [7, 11) is 0. The van der Waals surface area contributed by atoms with Gasteiger partial charge in [-0.05, 0) is 64.2 Å². The first-order chi connectivity index (χ1) is 28.0. The molecule has 0 radical (unpaired) electrons. The first-order valence-electron chi connectivity index (χ1n) is 24.9. The van der Waals surface area contributed by atoms with Crippen LogP contribution in [-0.4, -0.2) is 57.3 Å². The number of carbonyl (C=O) groups is 1. The van der Waals surface area contributed by atoms with E-state index in [1.807, 2.05) is 0 Å². The van der Waals surface area contributed by atoms with Gasteiger partial charge in [0.2, 0.25) is 5.91 Å². The molecule has 57 heavy (non-hydrogen) atoms. The van der Waals surface area contributed by atoms with Crippen LogP contribution in [0.1, 0.15) is 251 Å². The van der Waals surface area contributed by atoms with Crippen molar-refractivity contribution in [3.05, 3.63) is 36.5 Å². The quantitative estimate of drug-likeness (QED) is 0.0311. The third-order valence-electron chi connectivity index (χ3n) is 11.6. The largest absolute Gasteiger partial charge is 0.394 e. The Morgan fingerprint density at radius 1 is 0.421 bits per heavy atom. The molecule has 0 aliphatic heterocycles. The highest BCUT2D eigenvalue weighted by Crippen LogP contribution is 2.16. The van der Waals surface area contributed by atoms with Gasteiger partial charge in [0, 0.05) is 0 Å². The van der Waals surface area contributed by atoms with E-state index in [0.29, 0.717) is 19.3 Å². The predicted octanol–water partition coefficient (Wildman–Crippen LogP) is 13.7. The number of amides is 1. The van der Waals surface area contributed by atoms with Crippen LogP contribution in [0.3, 0.4) is 0 Å². The average molecular weight is 804 g/mol. The fraction of sp³-hybridized carbons (Fsp3) is 0.863. The summed E-state index contributed by atoms with van der Waals surface area (Å²) in [6.45, 7) is 4.05. The lowest BCUT2D eigenvalue weighted by Crippen LogP contribution is -2.53. The van der Waals surface area contributed by atoms with Crippen LogP contribution in [0.4, 0.5) is 0 Å². The highest BCUT2D eigenvalue weighted by atomic mass is 16.3. The molecule has 4 atom stereocenters. The van der Waals surface area contributed by atoms with Gasteiger partial charge in [-0.1, -0.05) is 224 Å². The van der Waals surface area contributed by atoms with E-state index in [1.54, 1.807) is 0 Å². The number of hydrogen-bond acceptors (Lipinski definition) is 5. The molecular formula is C51H97NO5. The molecule has 0 aromatic heterocycles. The van der Waals surface area contributed by atoms with Crippen molar-refractivity contribution in [2.24, 2.45) is 0 Å². The number of rotatable bonds is 45. The summed E-state index contributed by atoms with van der Waals surface area (Å²) in [6.07, 6.45) is 54.8. The summed E-state index contributed by atoms with van der Waals surface area (Å²) in [5.74, 6) is -0.597. The molecule has 0 saturated carbocycles. The maximum absolute atomic E-state index is 12.5. The lowest BCUT2D eigenvalue weighted by atomic mass is 10.00. The van der Waals surface area contributed by atoms with E-state index >= 15 is 0 Å². The van der Waals surface area contributed by atoms with Crippen LogP contribution >= 0.6 is 0 Å². The van der Waals surface area contributed by atoms with Gasteiger partial charge in [-0.15, -0.1) is 0 Å². The molecule has 6 heteroatoms. The fourth-order valence-electron chi connectivity index (χ4n) is 7.61. The number of allylic oxidation sites excluding steroid dienone is 6. The Morgan fingerprint density at radius 3 is 1.11 bits per heavy atom. The zero-order valence-electron chi connectivity index (χ0n) is 37.8. The molecule has 5 N–H and O–H groups in total. The Balaban J connectivity index is 3.76. The second kappa shape index (κ2) is 45.6. The Hall–Kier alpha value is -1.47. The van der Waals surface area contributed by atoms with Crippen molar-refractivity contribution < 1.29 is 25.2 Å². The molecule has 0 aliphatic rings.